The molecule has 0 unspecified atom stereocenters. The zero-order chi connectivity index (χ0) is 17.1. The number of fused-ring (bicyclic) bond motifs is 1. The minimum absolute atomic E-state index is 0.00154. The lowest BCUT2D eigenvalue weighted by Gasteiger charge is -2.18. The van der Waals surface area contributed by atoms with Gasteiger partial charge in [0.25, 0.3) is 0 Å². The van der Waals surface area contributed by atoms with Crippen molar-refractivity contribution in [2.75, 3.05) is 13.7 Å². The zero-order valence-electron chi connectivity index (χ0n) is 12.7. The lowest BCUT2D eigenvalue weighted by Crippen LogP contribution is -2.14. The van der Waals surface area contributed by atoms with Crippen LogP contribution in [0.2, 0.25) is 0 Å². The third-order valence-electron chi connectivity index (χ3n) is 3.37. The molecule has 6 nitrogen and oxygen atoms in total. The largest absolute Gasteiger partial charge is 0.493 e. The Morgan fingerprint density at radius 2 is 1.92 bits per heavy atom. The van der Waals surface area contributed by atoms with Gasteiger partial charge in [0, 0.05) is 16.1 Å². The minimum Gasteiger partial charge on any atom is -0.493 e. The summed E-state index contributed by atoms with van der Waals surface area (Å²) in [6.45, 7) is -0.00154. The van der Waals surface area contributed by atoms with E-state index in [1.54, 1.807) is 18.2 Å². The molecule has 122 valence electrons. The highest BCUT2D eigenvalue weighted by atomic mass is 79.9. The number of halogens is 1. The first-order valence-electron chi connectivity index (χ1n) is 7.03. The summed E-state index contributed by atoms with van der Waals surface area (Å²) >= 11 is 3.36. The van der Waals surface area contributed by atoms with E-state index in [1.807, 2.05) is 24.3 Å². The van der Waals surface area contributed by atoms with Crippen molar-refractivity contribution in [2.24, 2.45) is 10.2 Å². The molecule has 0 amide bonds. The number of hydrogen-bond acceptors (Lipinski definition) is 5. The van der Waals surface area contributed by atoms with E-state index in [0.717, 1.165) is 4.47 Å². The van der Waals surface area contributed by atoms with E-state index < -0.39 is 5.97 Å². The molecule has 0 fully saturated rings. The number of carbonyl (C=O) groups is 1. The van der Waals surface area contributed by atoms with Crippen LogP contribution in [-0.2, 0) is 4.79 Å². The van der Waals surface area contributed by atoms with Gasteiger partial charge in [0.2, 0.25) is 0 Å². The maximum Gasteiger partial charge on any atom is 0.335 e. The highest BCUT2D eigenvalue weighted by Crippen LogP contribution is 2.39. The van der Waals surface area contributed by atoms with Crippen molar-refractivity contribution < 1.29 is 19.4 Å². The lowest BCUT2D eigenvalue weighted by atomic mass is 10.1. The first kappa shape index (κ1) is 16.2. The SMILES string of the molecule is COc1cc(/N=N/c2ccc(Br)cc2)cc2c1OCC(C(=O)O)=C2. The van der Waals surface area contributed by atoms with Crippen molar-refractivity contribution in [3.8, 4) is 11.5 Å². The van der Waals surface area contributed by atoms with Crippen LogP contribution in [0.3, 0.4) is 0 Å². The highest BCUT2D eigenvalue weighted by Gasteiger charge is 2.20. The molecular weight excluding hydrogens is 376 g/mol. The lowest BCUT2D eigenvalue weighted by molar-refractivity contribution is -0.132. The topological polar surface area (TPSA) is 80.5 Å². The average Bonchev–Trinajstić information content (AvgIpc) is 2.59. The standard InChI is InChI=1S/C17H13BrN2O4/c1-23-15-8-14(20-19-13-4-2-12(18)3-5-13)7-10-6-11(17(21)22)9-24-16(10)15/h2-8H,9H2,1H3,(H,21,22)/b20-19+. The molecule has 1 heterocycles. The van der Waals surface area contributed by atoms with Crippen molar-refractivity contribution in [1.82, 2.24) is 0 Å². The monoisotopic (exact) mass is 388 g/mol. The summed E-state index contributed by atoms with van der Waals surface area (Å²) in [7, 11) is 1.52. The van der Waals surface area contributed by atoms with Crippen LogP contribution in [0, 0.1) is 0 Å². The fourth-order valence-corrected chi connectivity index (χ4v) is 2.47. The molecule has 1 N–H and O–H groups in total. The molecule has 2 aromatic carbocycles. The van der Waals surface area contributed by atoms with E-state index in [0.29, 0.717) is 28.4 Å². The van der Waals surface area contributed by atoms with Crippen LogP contribution in [0.15, 0.2) is 56.7 Å². The number of carboxylic acids is 1. The number of aliphatic carboxylic acids is 1. The number of nitrogens with zero attached hydrogens (tertiary/aromatic N) is 2. The van der Waals surface area contributed by atoms with Crippen LogP contribution >= 0.6 is 15.9 Å². The number of methoxy groups -OCH3 is 1. The van der Waals surface area contributed by atoms with Gasteiger partial charge in [-0.25, -0.2) is 4.79 Å². The van der Waals surface area contributed by atoms with Crippen LogP contribution in [0.25, 0.3) is 6.08 Å². The van der Waals surface area contributed by atoms with Crippen LogP contribution in [0.1, 0.15) is 5.56 Å². The van der Waals surface area contributed by atoms with E-state index in [-0.39, 0.29) is 12.2 Å². The number of carboxylic acid groups (broad SMARTS) is 1. The fraction of sp³-hybridized carbons (Fsp3) is 0.118. The smallest absolute Gasteiger partial charge is 0.335 e. The van der Waals surface area contributed by atoms with Crippen LogP contribution < -0.4 is 9.47 Å². The Labute approximate surface area is 146 Å². The van der Waals surface area contributed by atoms with Crippen LogP contribution in [0.5, 0.6) is 11.5 Å². The first-order chi connectivity index (χ1) is 11.6. The van der Waals surface area contributed by atoms with Gasteiger partial charge in [0.1, 0.15) is 6.61 Å². The predicted octanol–water partition coefficient (Wildman–Crippen LogP) is 4.73. The molecule has 0 saturated carbocycles. The molecule has 0 aromatic heterocycles. The predicted molar refractivity (Wildman–Crippen MR) is 92.4 cm³/mol. The molecule has 0 aliphatic carbocycles. The molecule has 2 aromatic rings. The summed E-state index contributed by atoms with van der Waals surface area (Å²) in [6.07, 6.45) is 1.56. The Morgan fingerprint density at radius 1 is 1.21 bits per heavy atom. The van der Waals surface area contributed by atoms with Gasteiger partial charge in [0.15, 0.2) is 11.5 Å². The van der Waals surface area contributed by atoms with Gasteiger partial charge in [-0.2, -0.15) is 10.2 Å². The minimum atomic E-state index is -1.01. The number of benzene rings is 2. The molecule has 24 heavy (non-hydrogen) atoms. The molecular formula is C17H13BrN2O4. The Balaban J connectivity index is 1.97. The van der Waals surface area contributed by atoms with Gasteiger partial charge in [-0.05, 0) is 36.4 Å². The summed E-state index contributed by atoms with van der Waals surface area (Å²) in [5.74, 6) is -0.0236. The second-order valence-electron chi connectivity index (χ2n) is 5.01. The molecule has 7 heteroatoms. The Morgan fingerprint density at radius 3 is 2.58 bits per heavy atom. The van der Waals surface area contributed by atoms with Crippen LogP contribution in [0.4, 0.5) is 11.4 Å². The van der Waals surface area contributed by atoms with Crippen molar-refractivity contribution in [1.29, 1.82) is 0 Å². The Bertz CT molecular complexity index is 844. The van der Waals surface area contributed by atoms with Gasteiger partial charge in [-0.15, -0.1) is 0 Å². The van der Waals surface area contributed by atoms with E-state index in [4.69, 9.17) is 14.6 Å². The number of hydrogen-bond donors (Lipinski definition) is 1. The second kappa shape index (κ2) is 6.84. The van der Waals surface area contributed by atoms with E-state index >= 15 is 0 Å². The molecule has 1 aliphatic rings. The third-order valence-corrected chi connectivity index (χ3v) is 3.90. The summed E-state index contributed by atoms with van der Waals surface area (Å²) in [6, 6.07) is 10.8. The quantitative estimate of drug-likeness (QED) is 0.767. The summed E-state index contributed by atoms with van der Waals surface area (Å²) in [5.41, 5.74) is 2.02. The Hall–Kier alpha value is -2.67. The van der Waals surface area contributed by atoms with Crippen LogP contribution in [-0.4, -0.2) is 24.8 Å². The summed E-state index contributed by atoms with van der Waals surface area (Å²) in [5, 5.41) is 17.5. The normalized spacial score (nSPS) is 13.2. The zero-order valence-corrected chi connectivity index (χ0v) is 14.3. The Kier molecular flexibility index (Phi) is 4.61. The average molecular weight is 389 g/mol. The maximum atomic E-state index is 11.1. The van der Waals surface area contributed by atoms with Gasteiger partial charge in [0.05, 0.1) is 24.1 Å². The van der Waals surface area contributed by atoms with Crippen molar-refractivity contribution >= 4 is 39.4 Å². The van der Waals surface area contributed by atoms with Gasteiger partial charge < -0.3 is 14.6 Å². The van der Waals surface area contributed by atoms with E-state index in [1.165, 1.54) is 7.11 Å². The molecule has 1 aliphatic heterocycles. The molecule has 0 atom stereocenters. The number of ether oxygens (including phenoxy) is 2. The molecule has 3 rings (SSSR count). The van der Waals surface area contributed by atoms with Gasteiger partial charge in [-0.1, -0.05) is 15.9 Å². The highest BCUT2D eigenvalue weighted by molar-refractivity contribution is 9.10. The molecule has 0 saturated heterocycles. The van der Waals surface area contributed by atoms with Crippen molar-refractivity contribution in [3.05, 3.63) is 52.0 Å². The summed E-state index contributed by atoms with van der Waals surface area (Å²) in [4.78, 5) is 11.1. The van der Waals surface area contributed by atoms with E-state index in [9.17, 15) is 4.79 Å². The van der Waals surface area contributed by atoms with E-state index in [2.05, 4.69) is 26.2 Å². The summed E-state index contributed by atoms with van der Waals surface area (Å²) < 4.78 is 11.8. The fourth-order valence-electron chi connectivity index (χ4n) is 2.21. The molecule has 0 spiro atoms. The number of rotatable bonds is 4. The van der Waals surface area contributed by atoms with Gasteiger partial charge >= 0.3 is 5.97 Å². The first-order valence-corrected chi connectivity index (χ1v) is 7.82. The third kappa shape index (κ3) is 3.46. The molecule has 0 bridgehead atoms. The molecule has 0 radical (unpaired) electrons. The second-order valence-corrected chi connectivity index (χ2v) is 5.92. The van der Waals surface area contributed by atoms with Gasteiger partial charge in [-0.3, -0.25) is 0 Å². The van der Waals surface area contributed by atoms with Crippen molar-refractivity contribution in [2.45, 2.75) is 0 Å². The van der Waals surface area contributed by atoms with Crippen molar-refractivity contribution in [3.63, 3.8) is 0 Å². The maximum absolute atomic E-state index is 11.1. The number of azo groups is 1.